The number of thiophene rings is 1. The first-order valence-electron chi connectivity index (χ1n) is 5.15. The number of hydrogen-bond donors (Lipinski definition) is 2. The van der Waals surface area contributed by atoms with Crippen LogP contribution in [0.4, 0.5) is 13.2 Å². The summed E-state index contributed by atoms with van der Waals surface area (Å²) in [7, 11) is 0. The molecule has 1 aromatic rings. The second-order valence-corrected chi connectivity index (χ2v) is 6.07. The summed E-state index contributed by atoms with van der Waals surface area (Å²) >= 11 is 4.88. The van der Waals surface area contributed by atoms with Gasteiger partial charge >= 0.3 is 6.18 Å². The Morgan fingerprint density at radius 2 is 2.11 bits per heavy atom. The van der Waals surface area contributed by atoms with E-state index in [1.807, 2.05) is 17.4 Å². The van der Waals surface area contributed by atoms with Crippen LogP contribution >= 0.6 is 27.3 Å². The summed E-state index contributed by atoms with van der Waals surface area (Å²) in [5.74, 6) is -0.435. The van der Waals surface area contributed by atoms with Gasteiger partial charge in [-0.1, -0.05) is 0 Å². The highest BCUT2D eigenvalue weighted by molar-refractivity contribution is 9.11. The number of nitrogens with one attached hydrogen (secondary N) is 2. The maximum Gasteiger partial charge on any atom is 0.401 e. The SMILES string of the molecule is O=C(CNCC(F)(F)F)NCCc1ccc(Br)s1. The first kappa shape index (κ1) is 15.5. The molecule has 0 aliphatic heterocycles. The van der Waals surface area contributed by atoms with Crippen molar-refractivity contribution in [3.05, 3.63) is 20.8 Å². The zero-order valence-electron chi connectivity index (χ0n) is 9.31. The predicted octanol–water partition coefficient (Wildman–Crippen LogP) is 2.32. The molecule has 1 amide bonds. The van der Waals surface area contributed by atoms with E-state index < -0.39 is 18.6 Å². The third-order valence-electron chi connectivity index (χ3n) is 1.93. The highest BCUT2D eigenvalue weighted by Crippen LogP contribution is 2.21. The average molecular weight is 345 g/mol. The summed E-state index contributed by atoms with van der Waals surface area (Å²) in [6, 6.07) is 3.84. The molecule has 3 nitrogen and oxygen atoms in total. The molecule has 0 fully saturated rings. The monoisotopic (exact) mass is 344 g/mol. The van der Waals surface area contributed by atoms with Gasteiger partial charge in [-0.05, 0) is 34.5 Å². The fourth-order valence-electron chi connectivity index (χ4n) is 1.19. The highest BCUT2D eigenvalue weighted by atomic mass is 79.9. The van der Waals surface area contributed by atoms with Crippen molar-refractivity contribution < 1.29 is 18.0 Å². The molecule has 8 heteroatoms. The van der Waals surface area contributed by atoms with Crippen molar-refractivity contribution >= 4 is 33.2 Å². The van der Waals surface area contributed by atoms with Gasteiger partial charge in [0, 0.05) is 11.4 Å². The van der Waals surface area contributed by atoms with Crippen LogP contribution in [0.5, 0.6) is 0 Å². The fourth-order valence-corrected chi connectivity index (χ4v) is 2.67. The zero-order valence-corrected chi connectivity index (χ0v) is 11.7. The van der Waals surface area contributed by atoms with E-state index in [1.54, 1.807) is 11.3 Å². The van der Waals surface area contributed by atoms with E-state index in [1.165, 1.54) is 0 Å². The Balaban J connectivity index is 2.10. The van der Waals surface area contributed by atoms with E-state index in [4.69, 9.17) is 0 Å². The van der Waals surface area contributed by atoms with E-state index in [0.29, 0.717) is 13.0 Å². The molecule has 0 bridgehead atoms. The van der Waals surface area contributed by atoms with Gasteiger partial charge in [-0.3, -0.25) is 4.79 Å². The van der Waals surface area contributed by atoms with Crippen LogP contribution < -0.4 is 10.6 Å². The van der Waals surface area contributed by atoms with Crippen LogP contribution in [0.1, 0.15) is 4.88 Å². The van der Waals surface area contributed by atoms with Crippen molar-refractivity contribution in [2.24, 2.45) is 0 Å². The van der Waals surface area contributed by atoms with Gasteiger partial charge < -0.3 is 10.6 Å². The standard InChI is InChI=1S/C10H12BrF3N2OS/c11-8-2-1-7(18-8)3-4-16-9(17)5-15-6-10(12,13)14/h1-2,15H,3-6H2,(H,16,17). The molecule has 0 unspecified atom stereocenters. The molecule has 102 valence electrons. The van der Waals surface area contributed by atoms with Gasteiger partial charge in [0.2, 0.25) is 5.91 Å². The van der Waals surface area contributed by atoms with Gasteiger partial charge in [0.15, 0.2) is 0 Å². The van der Waals surface area contributed by atoms with Crippen molar-refractivity contribution in [2.75, 3.05) is 19.6 Å². The largest absolute Gasteiger partial charge is 0.401 e. The number of hydrogen-bond acceptors (Lipinski definition) is 3. The maximum absolute atomic E-state index is 11.8. The van der Waals surface area contributed by atoms with Crippen LogP contribution in [-0.2, 0) is 11.2 Å². The first-order chi connectivity index (χ1) is 8.37. The Kier molecular flexibility index (Phi) is 6.10. The van der Waals surface area contributed by atoms with Crippen LogP contribution in [-0.4, -0.2) is 31.7 Å². The number of halogens is 4. The molecule has 1 heterocycles. The average Bonchev–Trinajstić information content (AvgIpc) is 2.62. The molecule has 1 aromatic heterocycles. The first-order valence-corrected chi connectivity index (χ1v) is 6.76. The molecule has 1 rings (SSSR count). The Labute approximate surface area is 115 Å². The summed E-state index contributed by atoms with van der Waals surface area (Å²) in [5.41, 5.74) is 0. The molecule has 0 saturated heterocycles. The minimum absolute atomic E-state index is 0.326. The van der Waals surface area contributed by atoms with E-state index in [2.05, 4.69) is 21.2 Å². The molecular formula is C10H12BrF3N2OS. The van der Waals surface area contributed by atoms with Gasteiger partial charge in [0.25, 0.3) is 0 Å². The van der Waals surface area contributed by atoms with Crippen LogP contribution in [0.15, 0.2) is 15.9 Å². The highest BCUT2D eigenvalue weighted by Gasteiger charge is 2.26. The van der Waals surface area contributed by atoms with Gasteiger partial charge in [0.1, 0.15) is 0 Å². The van der Waals surface area contributed by atoms with Crippen molar-refractivity contribution in [1.82, 2.24) is 10.6 Å². The van der Waals surface area contributed by atoms with Crippen molar-refractivity contribution in [2.45, 2.75) is 12.6 Å². The number of rotatable bonds is 6. The van der Waals surface area contributed by atoms with Gasteiger partial charge in [-0.2, -0.15) is 13.2 Å². The number of alkyl halides is 3. The summed E-state index contributed by atoms with van der Waals surface area (Å²) in [6.07, 6.45) is -3.62. The summed E-state index contributed by atoms with van der Waals surface area (Å²) in [5, 5.41) is 4.59. The second-order valence-electron chi connectivity index (χ2n) is 3.52. The fraction of sp³-hybridized carbons (Fsp3) is 0.500. The normalized spacial score (nSPS) is 11.6. The Morgan fingerprint density at radius 3 is 2.67 bits per heavy atom. The van der Waals surface area contributed by atoms with Crippen LogP contribution in [0.25, 0.3) is 0 Å². The zero-order chi connectivity index (χ0) is 13.6. The summed E-state index contributed by atoms with van der Waals surface area (Å²) in [6.45, 7) is -1.06. The second kappa shape index (κ2) is 7.10. The van der Waals surface area contributed by atoms with Gasteiger partial charge in [-0.15, -0.1) is 11.3 Å². The minimum atomic E-state index is -4.29. The molecule has 0 aromatic carbocycles. The lowest BCUT2D eigenvalue weighted by Gasteiger charge is -2.08. The maximum atomic E-state index is 11.8. The Morgan fingerprint density at radius 1 is 1.39 bits per heavy atom. The molecule has 0 atom stereocenters. The topological polar surface area (TPSA) is 41.1 Å². The third-order valence-corrected chi connectivity index (χ3v) is 3.62. The Bertz CT molecular complexity index is 395. The number of amides is 1. The van der Waals surface area contributed by atoms with Gasteiger partial charge in [-0.25, -0.2) is 0 Å². The third kappa shape index (κ3) is 6.97. The quantitative estimate of drug-likeness (QED) is 0.831. The lowest BCUT2D eigenvalue weighted by molar-refractivity contribution is -0.128. The molecule has 0 spiro atoms. The lowest BCUT2D eigenvalue weighted by Crippen LogP contribution is -2.38. The van der Waals surface area contributed by atoms with Crippen molar-refractivity contribution in [3.8, 4) is 0 Å². The lowest BCUT2D eigenvalue weighted by atomic mass is 10.3. The van der Waals surface area contributed by atoms with Crippen molar-refractivity contribution in [3.63, 3.8) is 0 Å². The molecular weight excluding hydrogens is 333 g/mol. The predicted molar refractivity (Wildman–Crippen MR) is 67.7 cm³/mol. The number of carbonyl (C=O) groups is 1. The van der Waals surface area contributed by atoms with Crippen LogP contribution in [0.3, 0.4) is 0 Å². The Hall–Kier alpha value is -0.600. The van der Waals surface area contributed by atoms with Crippen molar-refractivity contribution in [1.29, 1.82) is 0 Å². The summed E-state index contributed by atoms with van der Waals surface area (Å²) in [4.78, 5) is 12.3. The molecule has 2 N–H and O–H groups in total. The molecule has 0 saturated carbocycles. The smallest absolute Gasteiger partial charge is 0.355 e. The molecule has 0 aliphatic rings. The van der Waals surface area contributed by atoms with E-state index in [0.717, 1.165) is 8.66 Å². The number of carbonyl (C=O) groups excluding carboxylic acids is 1. The van der Waals surface area contributed by atoms with Gasteiger partial charge in [0.05, 0.1) is 16.9 Å². The van der Waals surface area contributed by atoms with Crippen LogP contribution in [0, 0.1) is 0 Å². The molecule has 0 aliphatic carbocycles. The minimum Gasteiger partial charge on any atom is -0.355 e. The molecule has 0 radical (unpaired) electrons. The van der Waals surface area contributed by atoms with E-state index >= 15 is 0 Å². The van der Waals surface area contributed by atoms with Crippen LogP contribution in [0.2, 0.25) is 0 Å². The van der Waals surface area contributed by atoms with E-state index in [9.17, 15) is 18.0 Å². The summed E-state index contributed by atoms with van der Waals surface area (Å²) < 4.78 is 36.4. The van der Waals surface area contributed by atoms with E-state index in [-0.39, 0.29) is 6.54 Å². The molecule has 18 heavy (non-hydrogen) atoms.